The number of anilines is 2. The molecule has 32 heavy (non-hydrogen) atoms. The minimum absolute atomic E-state index is 0.0392. The van der Waals surface area contributed by atoms with Crippen LogP contribution in [-0.2, 0) is 15.9 Å². The van der Waals surface area contributed by atoms with Gasteiger partial charge in [-0.15, -0.1) is 0 Å². The lowest BCUT2D eigenvalue weighted by molar-refractivity contribution is 0.0931. The van der Waals surface area contributed by atoms with E-state index in [9.17, 15) is 9.90 Å². The SMILES string of the molecule is Cc1c(-c2cc3cc(NC(=O)O[C@H]4CCOC4)ncc3c(N)c2F)cnc2c1[C@@H](O)CC2. The Balaban J connectivity index is 1.51. The third kappa shape index (κ3) is 3.53. The Morgan fingerprint density at radius 2 is 2.12 bits per heavy atom. The van der Waals surface area contributed by atoms with Crippen molar-refractivity contribution < 1.29 is 23.8 Å². The van der Waals surface area contributed by atoms with Gasteiger partial charge in [0.25, 0.3) is 0 Å². The zero-order chi connectivity index (χ0) is 22.4. The molecular weight excluding hydrogens is 415 g/mol. The molecule has 5 rings (SSSR count). The molecule has 1 amide bonds. The van der Waals surface area contributed by atoms with E-state index >= 15 is 4.39 Å². The van der Waals surface area contributed by atoms with Gasteiger partial charge in [0.15, 0.2) is 5.82 Å². The molecule has 2 aliphatic rings. The fourth-order valence-corrected chi connectivity index (χ4v) is 4.45. The van der Waals surface area contributed by atoms with Crippen molar-refractivity contribution in [2.24, 2.45) is 0 Å². The van der Waals surface area contributed by atoms with E-state index in [0.29, 0.717) is 48.8 Å². The van der Waals surface area contributed by atoms with Crippen LogP contribution in [0.25, 0.3) is 21.9 Å². The summed E-state index contributed by atoms with van der Waals surface area (Å²) in [7, 11) is 0. The number of fused-ring (bicyclic) bond motifs is 2. The van der Waals surface area contributed by atoms with Crippen LogP contribution in [0.3, 0.4) is 0 Å². The minimum atomic E-state index is -0.629. The summed E-state index contributed by atoms with van der Waals surface area (Å²) in [5.41, 5.74) is 9.30. The number of benzene rings is 1. The summed E-state index contributed by atoms with van der Waals surface area (Å²) in [6, 6.07) is 3.27. The first-order valence-electron chi connectivity index (χ1n) is 10.5. The van der Waals surface area contributed by atoms with Gasteiger partial charge in [0.1, 0.15) is 11.9 Å². The highest BCUT2D eigenvalue weighted by molar-refractivity contribution is 5.99. The number of carbonyl (C=O) groups excluding carboxylic acids is 1. The fraction of sp³-hybridized carbons (Fsp3) is 0.348. The second-order valence-electron chi connectivity index (χ2n) is 8.17. The number of nitrogen functional groups attached to an aromatic ring is 1. The number of hydrogen-bond donors (Lipinski definition) is 3. The molecule has 1 saturated heterocycles. The molecule has 9 heteroatoms. The molecule has 3 aromatic rings. The van der Waals surface area contributed by atoms with E-state index in [0.717, 1.165) is 16.8 Å². The summed E-state index contributed by atoms with van der Waals surface area (Å²) in [4.78, 5) is 20.8. The molecule has 8 nitrogen and oxygen atoms in total. The van der Waals surface area contributed by atoms with Crippen LogP contribution in [-0.4, -0.2) is 40.5 Å². The van der Waals surface area contributed by atoms with E-state index in [1.54, 1.807) is 18.3 Å². The number of carbonyl (C=O) groups is 1. The maximum atomic E-state index is 15.2. The van der Waals surface area contributed by atoms with Crippen LogP contribution in [0.2, 0.25) is 0 Å². The Hall–Kier alpha value is -3.30. The summed E-state index contributed by atoms with van der Waals surface area (Å²) in [5.74, 6) is -0.310. The number of amides is 1. The first-order chi connectivity index (χ1) is 15.4. The Kier molecular flexibility index (Phi) is 5.15. The van der Waals surface area contributed by atoms with E-state index in [2.05, 4.69) is 15.3 Å². The molecule has 4 N–H and O–H groups in total. The van der Waals surface area contributed by atoms with Gasteiger partial charge in [0.2, 0.25) is 0 Å². The first-order valence-corrected chi connectivity index (χ1v) is 10.5. The zero-order valence-electron chi connectivity index (χ0n) is 17.5. The normalized spacial score (nSPS) is 19.8. The van der Waals surface area contributed by atoms with Crippen molar-refractivity contribution in [3.8, 4) is 11.1 Å². The zero-order valence-corrected chi connectivity index (χ0v) is 17.5. The molecule has 0 saturated carbocycles. The number of ether oxygens (including phenoxy) is 2. The van der Waals surface area contributed by atoms with E-state index < -0.39 is 18.0 Å². The van der Waals surface area contributed by atoms with Gasteiger partial charge in [0, 0.05) is 46.6 Å². The summed E-state index contributed by atoms with van der Waals surface area (Å²) < 4.78 is 25.7. The van der Waals surface area contributed by atoms with Crippen LogP contribution in [0.1, 0.15) is 35.8 Å². The Morgan fingerprint density at radius 1 is 1.28 bits per heavy atom. The largest absolute Gasteiger partial charge is 0.443 e. The summed E-state index contributed by atoms with van der Waals surface area (Å²) in [6.45, 7) is 2.79. The van der Waals surface area contributed by atoms with E-state index in [-0.39, 0.29) is 23.2 Å². The third-order valence-corrected chi connectivity index (χ3v) is 6.14. The molecule has 0 bridgehead atoms. The molecule has 1 aliphatic carbocycles. The van der Waals surface area contributed by atoms with E-state index in [1.807, 2.05) is 6.92 Å². The quantitative estimate of drug-likeness (QED) is 0.534. The highest BCUT2D eigenvalue weighted by atomic mass is 19.1. The van der Waals surface area contributed by atoms with Crippen molar-refractivity contribution in [3.63, 3.8) is 0 Å². The number of nitrogens with zero attached hydrogens (tertiary/aromatic N) is 2. The Morgan fingerprint density at radius 3 is 2.91 bits per heavy atom. The number of aromatic nitrogens is 2. The van der Waals surface area contributed by atoms with Crippen molar-refractivity contribution in [2.45, 2.75) is 38.4 Å². The van der Waals surface area contributed by atoms with Crippen molar-refractivity contribution in [3.05, 3.63) is 47.2 Å². The first kappa shape index (κ1) is 20.6. The number of aliphatic hydroxyl groups excluding tert-OH is 1. The average Bonchev–Trinajstić information content (AvgIpc) is 3.41. The number of halogens is 1. The molecule has 0 spiro atoms. The summed E-state index contributed by atoms with van der Waals surface area (Å²) >= 11 is 0. The molecule has 0 radical (unpaired) electrons. The molecule has 1 aliphatic heterocycles. The lowest BCUT2D eigenvalue weighted by Crippen LogP contribution is -2.22. The number of aryl methyl sites for hydroxylation is 1. The molecular formula is C23H23FN4O4. The van der Waals surface area contributed by atoms with Crippen LogP contribution in [0.15, 0.2) is 24.5 Å². The van der Waals surface area contributed by atoms with E-state index in [4.69, 9.17) is 15.2 Å². The van der Waals surface area contributed by atoms with Crippen LogP contribution >= 0.6 is 0 Å². The summed E-state index contributed by atoms with van der Waals surface area (Å²) in [6.07, 6.45) is 3.49. The number of aliphatic hydroxyl groups is 1. The van der Waals surface area contributed by atoms with Gasteiger partial charge >= 0.3 is 6.09 Å². The van der Waals surface area contributed by atoms with Crippen molar-refractivity contribution in [2.75, 3.05) is 24.3 Å². The molecule has 2 aromatic heterocycles. The van der Waals surface area contributed by atoms with Crippen LogP contribution in [0.5, 0.6) is 0 Å². The van der Waals surface area contributed by atoms with Crippen molar-refractivity contribution in [1.82, 2.24) is 9.97 Å². The number of nitrogens with two attached hydrogens (primary N) is 1. The average molecular weight is 438 g/mol. The minimum Gasteiger partial charge on any atom is -0.443 e. The molecule has 1 aromatic carbocycles. The highest BCUT2D eigenvalue weighted by Crippen LogP contribution is 2.40. The smallest absolute Gasteiger partial charge is 0.413 e. The predicted molar refractivity (Wildman–Crippen MR) is 117 cm³/mol. The topological polar surface area (TPSA) is 120 Å². The fourth-order valence-electron chi connectivity index (χ4n) is 4.45. The van der Waals surface area contributed by atoms with Gasteiger partial charge in [-0.3, -0.25) is 10.3 Å². The highest BCUT2D eigenvalue weighted by Gasteiger charge is 2.26. The van der Waals surface area contributed by atoms with Crippen LogP contribution in [0.4, 0.5) is 20.7 Å². The molecule has 166 valence electrons. The standard InChI is InChI=1S/C23H23FN4O4/c1-11-15(8-26-17-2-3-18(29)20(11)17)14-6-12-7-19(27-9-16(12)22(25)21(14)24)28-23(30)32-13-4-5-31-10-13/h6-9,13,18,29H,2-5,10,25H2,1H3,(H,27,28,30)/t13-,18-/m0/s1. The maximum Gasteiger partial charge on any atom is 0.413 e. The maximum absolute atomic E-state index is 15.2. The second-order valence-corrected chi connectivity index (χ2v) is 8.17. The second kappa shape index (κ2) is 7.99. The Labute approximate surface area is 183 Å². The molecule has 0 unspecified atom stereocenters. The van der Waals surface area contributed by atoms with Gasteiger partial charge in [-0.25, -0.2) is 14.2 Å². The van der Waals surface area contributed by atoms with Gasteiger partial charge < -0.3 is 20.3 Å². The van der Waals surface area contributed by atoms with Crippen LogP contribution < -0.4 is 11.1 Å². The van der Waals surface area contributed by atoms with Gasteiger partial charge in [0.05, 0.1) is 25.0 Å². The Bertz CT molecular complexity index is 1230. The van der Waals surface area contributed by atoms with Gasteiger partial charge in [-0.05, 0) is 42.8 Å². The van der Waals surface area contributed by atoms with Crippen molar-refractivity contribution in [1.29, 1.82) is 0 Å². The lowest BCUT2D eigenvalue weighted by Gasteiger charge is -2.16. The number of nitrogens with one attached hydrogen (secondary N) is 1. The summed E-state index contributed by atoms with van der Waals surface area (Å²) in [5, 5.41) is 14.0. The molecule has 2 atom stereocenters. The van der Waals surface area contributed by atoms with Crippen molar-refractivity contribution >= 4 is 28.4 Å². The molecule has 1 fully saturated rings. The van der Waals surface area contributed by atoms with Crippen LogP contribution in [0, 0.1) is 12.7 Å². The van der Waals surface area contributed by atoms with Gasteiger partial charge in [-0.1, -0.05) is 0 Å². The van der Waals surface area contributed by atoms with Gasteiger partial charge in [-0.2, -0.15) is 0 Å². The third-order valence-electron chi connectivity index (χ3n) is 6.14. The predicted octanol–water partition coefficient (Wildman–Crippen LogP) is 3.64. The monoisotopic (exact) mass is 438 g/mol. The lowest BCUT2D eigenvalue weighted by atomic mass is 9.94. The number of hydrogen-bond acceptors (Lipinski definition) is 7. The number of pyridine rings is 2. The number of rotatable bonds is 3. The molecule has 3 heterocycles. The van der Waals surface area contributed by atoms with E-state index in [1.165, 1.54) is 6.20 Å².